The van der Waals surface area contributed by atoms with Crippen molar-refractivity contribution in [3.63, 3.8) is 0 Å². The number of hydrogen-bond donors (Lipinski definition) is 1. The molecule has 0 radical (unpaired) electrons. The van der Waals surface area contributed by atoms with Crippen LogP contribution in [0.15, 0.2) is 29.6 Å². The van der Waals surface area contributed by atoms with Gasteiger partial charge in [0, 0.05) is 24.4 Å². The monoisotopic (exact) mass is 219 g/mol. The van der Waals surface area contributed by atoms with Crippen LogP contribution in [0, 0.1) is 5.92 Å². The van der Waals surface area contributed by atoms with Crippen LogP contribution in [0.25, 0.3) is 0 Å². The SMILES string of the molecule is C/C(=N\NC(=O)CC(C)C)c1ccncc1. The summed E-state index contributed by atoms with van der Waals surface area (Å²) in [5.41, 5.74) is 4.28. The van der Waals surface area contributed by atoms with Crippen molar-refractivity contribution in [3.8, 4) is 0 Å². The van der Waals surface area contributed by atoms with Crippen molar-refractivity contribution in [2.24, 2.45) is 11.0 Å². The summed E-state index contributed by atoms with van der Waals surface area (Å²) >= 11 is 0. The molecular weight excluding hydrogens is 202 g/mol. The van der Waals surface area contributed by atoms with Crippen molar-refractivity contribution in [1.29, 1.82) is 0 Å². The van der Waals surface area contributed by atoms with E-state index < -0.39 is 0 Å². The first-order valence-electron chi connectivity index (χ1n) is 5.33. The summed E-state index contributed by atoms with van der Waals surface area (Å²) in [6, 6.07) is 3.71. The van der Waals surface area contributed by atoms with Gasteiger partial charge in [-0.15, -0.1) is 0 Å². The van der Waals surface area contributed by atoms with Crippen molar-refractivity contribution >= 4 is 11.6 Å². The van der Waals surface area contributed by atoms with Gasteiger partial charge in [0.1, 0.15) is 0 Å². The van der Waals surface area contributed by atoms with Gasteiger partial charge in [0.05, 0.1) is 5.71 Å². The summed E-state index contributed by atoms with van der Waals surface area (Å²) in [5, 5.41) is 4.04. The molecule has 1 rings (SSSR count). The highest BCUT2D eigenvalue weighted by molar-refractivity contribution is 5.99. The molecule has 0 bridgehead atoms. The van der Waals surface area contributed by atoms with E-state index in [1.54, 1.807) is 12.4 Å². The van der Waals surface area contributed by atoms with Gasteiger partial charge in [-0.05, 0) is 25.0 Å². The van der Waals surface area contributed by atoms with Crippen molar-refractivity contribution < 1.29 is 4.79 Å². The Morgan fingerprint density at radius 3 is 2.62 bits per heavy atom. The van der Waals surface area contributed by atoms with Crippen LogP contribution >= 0.6 is 0 Å². The van der Waals surface area contributed by atoms with E-state index in [1.807, 2.05) is 32.9 Å². The van der Waals surface area contributed by atoms with Crippen molar-refractivity contribution in [2.75, 3.05) is 0 Å². The average Bonchev–Trinajstić information content (AvgIpc) is 2.26. The van der Waals surface area contributed by atoms with Crippen molar-refractivity contribution in [3.05, 3.63) is 30.1 Å². The Labute approximate surface area is 95.8 Å². The predicted octanol–water partition coefficient (Wildman–Crippen LogP) is 1.97. The van der Waals surface area contributed by atoms with E-state index >= 15 is 0 Å². The Kier molecular flexibility index (Phi) is 4.64. The largest absolute Gasteiger partial charge is 0.273 e. The minimum atomic E-state index is -0.0524. The topological polar surface area (TPSA) is 54.4 Å². The maximum atomic E-state index is 11.4. The van der Waals surface area contributed by atoms with Crippen molar-refractivity contribution in [2.45, 2.75) is 27.2 Å². The summed E-state index contributed by atoms with van der Waals surface area (Å²) < 4.78 is 0. The van der Waals surface area contributed by atoms with Crippen LogP contribution in [0.1, 0.15) is 32.8 Å². The lowest BCUT2D eigenvalue weighted by Crippen LogP contribution is -2.20. The average molecular weight is 219 g/mol. The zero-order valence-electron chi connectivity index (χ0n) is 9.90. The highest BCUT2D eigenvalue weighted by Gasteiger charge is 2.03. The normalized spacial score (nSPS) is 11.6. The molecule has 1 N–H and O–H groups in total. The molecule has 0 saturated heterocycles. The van der Waals surface area contributed by atoms with Gasteiger partial charge in [0.2, 0.25) is 5.91 Å². The number of carbonyl (C=O) groups excluding carboxylic acids is 1. The fourth-order valence-corrected chi connectivity index (χ4v) is 1.22. The molecule has 0 aliphatic rings. The highest BCUT2D eigenvalue weighted by atomic mass is 16.2. The number of aromatic nitrogens is 1. The Hall–Kier alpha value is -1.71. The fraction of sp³-hybridized carbons (Fsp3) is 0.417. The van der Waals surface area contributed by atoms with E-state index in [2.05, 4.69) is 15.5 Å². The van der Waals surface area contributed by atoms with Crippen molar-refractivity contribution in [1.82, 2.24) is 10.4 Å². The number of pyridine rings is 1. The summed E-state index contributed by atoms with van der Waals surface area (Å²) in [6.07, 6.45) is 3.89. The van der Waals surface area contributed by atoms with Gasteiger partial charge in [-0.2, -0.15) is 5.10 Å². The molecule has 0 spiro atoms. The highest BCUT2D eigenvalue weighted by Crippen LogP contribution is 2.00. The number of hydrogen-bond acceptors (Lipinski definition) is 3. The standard InChI is InChI=1S/C12H17N3O/c1-9(2)8-12(16)15-14-10(3)11-4-6-13-7-5-11/h4-7,9H,8H2,1-3H3,(H,15,16)/b14-10+. The van der Waals surface area contributed by atoms with Crippen LogP contribution in [0.4, 0.5) is 0 Å². The second-order valence-electron chi connectivity index (χ2n) is 4.07. The second-order valence-corrected chi connectivity index (χ2v) is 4.07. The van der Waals surface area contributed by atoms with Crippen LogP contribution in [0.2, 0.25) is 0 Å². The van der Waals surface area contributed by atoms with E-state index in [9.17, 15) is 4.79 Å². The molecule has 4 nitrogen and oxygen atoms in total. The van der Waals surface area contributed by atoms with Crippen LogP contribution in [-0.4, -0.2) is 16.6 Å². The molecule has 86 valence electrons. The molecule has 1 heterocycles. The third kappa shape index (κ3) is 4.21. The lowest BCUT2D eigenvalue weighted by Gasteiger charge is -2.04. The van der Waals surface area contributed by atoms with Gasteiger partial charge in [0.25, 0.3) is 0 Å². The first kappa shape index (κ1) is 12.4. The fourth-order valence-electron chi connectivity index (χ4n) is 1.22. The molecular formula is C12H17N3O. The molecule has 1 amide bonds. The number of nitrogens with zero attached hydrogens (tertiary/aromatic N) is 2. The van der Waals surface area contributed by atoms with Crippen LogP contribution in [-0.2, 0) is 4.79 Å². The maximum Gasteiger partial charge on any atom is 0.240 e. The molecule has 0 aliphatic carbocycles. The number of nitrogens with one attached hydrogen (secondary N) is 1. The summed E-state index contributed by atoms with van der Waals surface area (Å²) in [7, 11) is 0. The third-order valence-electron chi connectivity index (χ3n) is 2.04. The van der Waals surface area contributed by atoms with Gasteiger partial charge in [-0.25, -0.2) is 5.43 Å². The number of amides is 1. The number of rotatable bonds is 4. The molecule has 0 aromatic carbocycles. The molecule has 16 heavy (non-hydrogen) atoms. The number of hydrazone groups is 1. The van der Waals surface area contributed by atoms with E-state index in [0.717, 1.165) is 11.3 Å². The predicted molar refractivity (Wildman–Crippen MR) is 64.0 cm³/mol. The minimum Gasteiger partial charge on any atom is -0.273 e. The summed E-state index contributed by atoms with van der Waals surface area (Å²) in [4.78, 5) is 15.3. The summed E-state index contributed by atoms with van der Waals surface area (Å²) in [6.45, 7) is 5.85. The lowest BCUT2D eigenvalue weighted by molar-refractivity contribution is -0.121. The molecule has 0 aliphatic heterocycles. The Morgan fingerprint density at radius 2 is 2.06 bits per heavy atom. The molecule has 0 saturated carbocycles. The first-order chi connectivity index (χ1) is 7.59. The zero-order chi connectivity index (χ0) is 12.0. The van der Waals surface area contributed by atoms with Crippen LogP contribution in [0.3, 0.4) is 0 Å². The molecule has 1 aromatic heterocycles. The second kappa shape index (κ2) is 6.00. The zero-order valence-corrected chi connectivity index (χ0v) is 9.90. The van der Waals surface area contributed by atoms with Crippen LogP contribution < -0.4 is 5.43 Å². The van der Waals surface area contributed by atoms with Gasteiger partial charge < -0.3 is 0 Å². The number of carbonyl (C=O) groups is 1. The van der Waals surface area contributed by atoms with Gasteiger partial charge >= 0.3 is 0 Å². The summed E-state index contributed by atoms with van der Waals surface area (Å²) in [5.74, 6) is 0.292. The minimum absolute atomic E-state index is 0.0524. The molecule has 0 unspecified atom stereocenters. The van der Waals surface area contributed by atoms with E-state index in [-0.39, 0.29) is 5.91 Å². The quantitative estimate of drug-likeness (QED) is 0.621. The first-order valence-corrected chi connectivity index (χ1v) is 5.33. The molecule has 4 heteroatoms. The molecule has 0 atom stereocenters. The van der Waals surface area contributed by atoms with Gasteiger partial charge in [-0.1, -0.05) is 13.8 Å². The lowest BCUT2D eigenvalue weighted by atomic mass is 10.1. The Morgan fingerprint density at radius 1 is 1.44 bits per heavy atom. The van der Waals surface area contributed by atoms with E-state index in [1.165, 1.54) is 0 Å². The maximum absolute atomic E-state index is 11.4. The molecule has 0 fully saturated rings. The molecule has 1 aromatic rings. The van der Waals surface area contributed by atoms with Gasteiger partial charge in [0.15, 0.2) is 0 Å². The smallest absolute Gasteiger partial charge is 0.240 e. The van der Waals surface area contributed by atoms with E-state index in [0.29, 0.717) is 12.3 Å². The van der Waals surface area contributed by atoms with Gasteiger partial charge in [-0.3, -0.25) is 9.78 Å². The Bertz CT molecular complexity index is 371. The Balaban J connectivity index is 2.55. The van der Waals surface area contributed by atoms with E-state index in [4.69, 9.17) is 0 Å². The van der Waals surface area contributed by atoms with Crippen LogP contribution in [0.5, 0.6) is 0 Å². The third-order valence-corrected chi connectivity index (χ3v) is 2.04.